The second-order valence-electron chi connectivity index (χ2n) is 6.33. The van der Waals surface area contributed by atoms with Crippen LogP contribution >= 0.6 is 11.9 Å². The lowest BCUT2D eigenvalue weighted by Gasteiger charge is -2.27. The van der Waals surface area contributed by atoms with Crippen molar-refractivity contribution in [2.45, 2.75) is 38.2 Å². The highest BCUT2D eigenvalue weighted by atomic mass is 32.2. The second kappa shape index (κ2) is 8.61. The molecule has 0 aliphatic heterocycles. The second-order valence-corrected chi connectivity index (χ2v) is 7.35. The van der Waals surface area contributed by atoms with Gasteiger partial charge in [-0.1, -0.05) is 54.3 Å². The Hall–Kier alpha value is -2.42. The predicted octanol–water partition coefficient (Wildman–Crippen LogP) is 6.15. The Kier molecular flexibility index (Phi) is 6.51. The number of hydrogen-bond acceptors (Lipinski definition) is 3. The molecule has 2 aromatic rings. The molecule has 0 spiro atoms. The topological polar surface area (TPSA) is 29.5 Å². The highest BCUT2D eigenvalue weighted by Gasteiger charge is 2.27. The standard InChI is InChI=1S/C21H23NO2S/c1-5-12-19(17-13-8-6-9-14-17)22(20(23)24-21(2,3)4)25-18-15-10-7-11-16-18/h5-11,13-16H,1-4H3. The quantitative estimate of drug-likeness (QED) is 0.488. The molecule has 0 heterocycles. The van der Waals surface area contributed by atoms with E-state index in [1.54, 1.807) is 10.4 Å². The summed E-state index contributed by atoms with van der Waals surface area (Å²) in [7, 11) is 0. The highest BCUT2D eigenvalue weighted by Crippen LogP contribution is 2.32. The molecule has 0 N–H and O–H groups in total. The molecule has 0 bridgehead atoms. The third-order valence-corrected chi connectivity index (χ3v) is 4.03. The highest BCUT2D eigenvalue weighted by molar-refractivity contribution is 7.97. The number of benzene rings is 2. The van der Waals surface area contributed by atoms with Crippen molar-refractivity contribution in [3.05, 3.63) is 78.0 Å². The number of hydrogen-bond donors (Lipinski definition) is 0. The van der Waals surface area contributed by atoms with Crippen molar-refractivity contribution < 1.29 is 9.53 Å². The van der Waals surface area contributed by atoms with Crippen molar-refractivity contribution in [3.8, 4) is 0 Å². The maximum Gasteiger partial charge on any atom is 0.426 e. The minimum Gasteiger partial charge on any atom is -0.443 e. The van der Waals surface area contributed by atoms with Crippen LogP contribution in [0.4, 0.5) is 4.79 Å². The Morgan fingerprint density at radius 3 is 2.12 bits per heavy atom. The lowest BCUT2D eigenvalue weighted by molar-refractivity contribution is 0.0464. The molecular formula is C21H23NO2S. The zero-order valence-corrected chi connectivity index (χ0v) is 15.8. The molecule has 2 rings (SSSR count). The smallest absolute Gasteiger partial charge is 0.426 e. The van der Waals surface area contributed by atoms with Gasteiger partial charge in [-0.05, 0) is 57.9 Å². The Morgan fingerprint density at radius 2 is 1.60 bits per heavy atom. The van der Waals surface area contributed by atoms with Gasteiger partial charge in [0.25, 0.3) is 0 Å². The summed E-state index contributed by atoms with van der Waals surface area (Å²) in [6, 6.07) is 19.5. The number of rotatable bonds is 4. The molecule has 0 aromatic heterocycles. The van der Waals surface area contributed by atoms with E-state index in [9.17, 15) is 4.79 Å². The summed E-state index contributed by atoms with van der Waals surface area (Å²) in [6.07, 6.45) is 1.38. The van der Waals surface area contributed by atoms with Crippen LogP contribution in [0.1, 0.15) is 33.3 Å². The molecule has 2 aromatic carbocycles. The molecular weight excluding hydrogens is 330 g/mol. The van der Waals surface area contributed by atoms with E-state index in [1.807, 2.05) is 88.4 Å². The van der Waals surface area contributed by atoms with E-state index in [0.29, 0.717) is 5.70 Å². The molecule has 3 nitrogen and oxygen atoms in total. The number of carbonyl (C=O) groups is 1. The van der Waals surface area contributed by atoms with E-state index in [0.717, 1.165) is 10.5 Å². The summed E-state index contributed by atoms with van der Waals surface area (Å²) in [5.74, 6) is 0. The monoisotopic (exact) mass is 353 g/mol. The van der Waals surface area contributed by atoms with Crippen LogP contribution in [0.3, 0.4) is 0 Å². The molecule has 25 heavy (non-hydrogen) atoms. The zero-order chi connectivity index (χ0) is 18.3. The molecule has 0 radical (unpaired) electrons. The maximum absolute atomic E-state index is 12.9. The van der Waals surface area contributed by atoms with Crippen molar-refractivity contribution >= 4 is 23.7 Å². The first-order chi connectivity index (χ1) is 11.9. The van der Waals surface area contributed by atoms with Gasteiger partial charge in [0.05, 0.1) is 0 Å². The normalized spacial score (nSPS) is 10.6. The van der Waals surface area contributed by atoms with Gasteiger partial charge in [0, 0.05) is 10.5 Å². The van der Waals surface area contributed by atoms with Crippen LogP contribution in [0, 0.1) is 0 Å². The molecule has 0 aliphatic rings. The van der Waals surface area contributed by atoms with Crippen molar-refractivity contribution in [2.24, 2.45) is 0 Å². The SMILES string of the molecule is CC=C=C(c1ccccc1)N(Sc1ccccc1)C(=O)OC(C)(C)C. The molecule has 4 heteroatoms. The summed E-state index contributed by atoms with van der Waals surface area (Å²) < 4.78 is 7.16. The number of allylic oxidation sites excluding steroid dienone is 1. The minimum atomic E-state index is -0.579. The van der Waals surface area contributed by atoms with Gasteiger partial charge in [0.15, 0.2) is 0 Å². The third kappa shape index (κ3) is 5.86. The third-order valence-electron chi connectivity index (χ3n) is 3.03. The zero-order valence-electron chi connectivity index (χ0n) is 15.0. The minimum absolute atomic E-state index is 0.422. The molecule has 0 aliphatic carbocycles. The van der Waals surface area contributed by atoms with Gasteiger partial charge < -0.3 is 4.74 Å². The van der Waals surface area contributed by atoms with Crippen molar-refractivity contribution in [1.29, 1.82) is 0 Å². The predicted molar refractivity (Wildman–Crippen MR) is 104 cm³/mol. The van der Waals surface area contributed by atoms with Crippen LogP contribution < -0.4 is 0 Å². The summed E-state index contributed by atoms with van der Waals surface area (Å²) in [5, 5.41) is 0. The Morgan fingerprint density at radius 1 is 1.04 bits per heavy atom. The van der Waals surface area contributed by atoms with Crippen LogP contribution in [0.2, 0.25) is 0 Å². The summed E-state index contributed by atoms with van der Waals surface area (Å²) >= 11 is 1.32. The lowest BCUT2D eigenvalue weighted by Crippen LogP contribution is -2.31. The summed E-state index contributed by atoms with van der Waals surface area (Å²) in [5.41, 5.74) is 4.16. The molecule has 1 amide bonds. The molecule has 0 unspecified atom stereocenters. The van der Waals surface area contributed by atoms with Gasteiger partial charge in [-0.25, -0.2) is 9.10 Å². The lowest BCUT2D eigenvalue weighted by atomic mass is 10.1. The van der Waals surface area contributed by atoms with Crippen molar-refractivity contribution in [1.82, 2.24) is 4.31 Å². The molecule has 130 valence electrons. The van der Waals surface area contributed by atoms with Gasteiger partial charge in [-0.2, -0.15) is 0 Å². The van der Waals surface area contributed by atoms with E-state index < -0.39 is 11.7 Å². The number of carbonyl (C=O) groups excluding carboxylic acids is 1. The molecule has 0 saturated heterocycles. The molecule has 0 atom stereocenters. The van der Waals surface area contributed by atoms with E-state index in [4.69, 9.17) is 4.74 Å². The van der Waals surface area contributed by atoms with Crippen molar-refractivity contribution in [2.75, 3.05) is 0 Å². The van der Waals surface area contributed by atoms with Crippen molar-refractivity contribution in [3.63, 3.8) is 0 Å². The van der Waals surface area contributed by atoms with Crippen LogP contribution in [-0.2, 0) is 4.74 Å². The fourth-order valence-electron chi connectivity index (χ4n) is 2.06. The Balaban J connectivity index is 2.45. The maximum atomic E-state index is 12.9. The van der Waals surface area contributed by atoms with Crippen LogP contribution in [-0.4, -0.2) is 16.0 Å². The fourth-order valence-corrected chi connectivity index (χ4v) is 2.91. The number of amides is 1. The first-order valence-electron chi connectivity index (χ1n) is 8.13. The molecule has 0 fully saturated rings. The van der Waals surface area contributed by atoms with E-state index in [2.05, 4.69) is 5.73 Å². The first kappa shape index (κ1) is 18.9. The summed E-state index contributed by atoms with van der Waals surface area (Å²) in [6.45, 7) is 7.46. The van der Waals surface area contributed by atoms with Gasteiger partial charge in [0.2, 0.25) is 0 Å². The van der Waals surface area contributed by atoms with E-state index in [1.165, 1.54) is 11.9 Å². The first-order valence-corrected chi connectivity index (χ1v) is 8.91. The summed E-state index contributed by atoms with van der Waals surface area (Å²) in [4.78, 5) is 13.8. The molecule has 0 saturated carbocycles. The van der Waals surface area contributed by atoms with Crippen LogP contribution in [0.15, 0.2) is 77.4 Å². The van der Waals surface area contributed by atoms with Gasteiger partial charge >= 0.3 is 6.09 Å². The number of ether oxygens (including phenoxy) is 1. The van der Waals surface area contributed by atoms with Gasteiger partial charge in [-0.3, -0.25) is 0 Å². The van der Waals surface area contributed by atoms with E-state index >= 15 is 0 Å². The Bertz CT molecular complexity index is 757. The Labute approximate surface area is 154 Å². The fraction of sp³-hybridized carbons (Fsp3) is 0.238. The van der Waals surface area contributed by atoms with Gasteiger partial charge in [0.1, 0.15) is 11.3 Å². The van der Waals surface area contributed by atoms with Crippen LogP contribution in [0.5, 0.6) is 0 Å². The number of nitrogens with zero attached hydrogens (tertiary/aromatic N) is 1. The van der Waals surface area contributed by atoms with Gasteiger partial charge in [-0.15, -0.1) is 0 Å². The average Bonchev–Trinajstić information content (AvgIpc) is 2.58. The van der Waals surface area contributed by atoms with E-state index in [-0.39, 0.29) is 0 Å². The largest absolute Gasteiger partial charge is 0.443 e. The average molecular weight is 353 g/mol. The van der Waals surface area contributed by atoms with Crippen LogP contribution in [0.25, 0.3) is 5.70 Å².